The maximum Gasteiger partial charge on any atom is 0.129 e. The highest BCUT2D eigenvalue weighted by Gasteiger charge is 2.50. The lowest BCUT2D eigenvalue weighted by atomic mass is 9.85. The average Bonchev–Trinajstić information content (AvgIpc) is 3.06. The van der Waals surface area contributed by atoms with Gasteiger partial charge in [-0.15, -0.1) is 0 Å². The quantitative estimate of drug-likeness (QED) is 0.834. The highest BCUT2D eigenvalue weighted by molar-refractivity contribution is 5.48. The van der Waals surface area contributed by atoms with Crippen LogP contribution in [0, 0.1) is 11.8 Å². The predicted molar refractivity (Wildman–Crippen MR) is 77.5 cm³/mol. The van der Waals surface area contributed by atoms with E-state index >= 15 is 0 Å². The van der Waals surface area contributed by atoms with E-state index in [1.807, 2.05) is 0 Å². The van der Waals surface area contributed by atoms with Crippen LogP contribution in [-0.4, -0.2) is 30.2 Å². The second-order valence-electron chi connectivity index (χ2n) is 6.92. The standard InChI is InChI=1S/C16H23N3/c1-16(2)13-9-17-8-12(13)10-19(16)15-7-6-11-4-3-5-14(11)18-15/h6-7,12-13,17H,3-5,8-10H2,1-2H3. The largest absolute Gasteiger partial charge is 0.351 e. The van der Waals surface area contributed by atoms with Crippen molar-refractivity contribution in [1.29, 1.82) is 0 Å². The minimum absolute atomic E-state index is 0.230. The Morgan fingerprint density at radius 3 is 3.00 bits per heavy atom. The predicted octanol–water partition coefficient (Wildman–Crippen LogP) is 2.00. The summed E-state index contributed by atoms with van der Waals surface area (Å²) >= 11 is 0. The number of nitrogens with one attached hydrogen (secondary N) is 1. The molecule has 0 radical (unpaired) electrons. The van der Waals surface area contributed by atoms with Crippen molar-refractivity contribution >= 4 is 5.82 Å². The number of anilines is 1. The van der Waals surface area contributed by atoms with E-state index in [0.29, 0.717) is 0 Å². The van der Waals surface area contributed by atoms with E-state index in [1.165, 1.54) is 49.4 Å². The normalized spacial score (nSPS) is 31.6. The Kier molecular flexibility index (Phi) is 2.44. The van der Waals surface area contributed by atoms with Crippen molar-refractivity contribution in [2.45, 2.75) is 38.6 Å². The first-order chi connectivity index (χ1) is 9.16. The molecule has 19 heavy (non-hydrogen) atoms. The molecule has 1 aromatic rings. The van der Waals surface area contributed by atoms with Gasteiger partial charge in [0.1, 0.15) is 5.82 Å². The number of hydrogen-bond donors (Lipinski definition) is 1. The van der Waals surface area contributed by atoms with Gasteiger partial charge in [-0.05, 0) is 56.6 Å². The lowest BCUT2D eigenvalue weighted by Gasteiger charge is -2.36. The molecule has 4 rings (SSSR count). The Balaban J connectivity index is 1.69. The summed E-state index contributed by atoms with van der Waals surface area (Å²) in [7, 11) is 0. The molecule has 2 unspecified atom stereocenters. The smallest absolute Gasteiger partial charge is 0.129 e. The van der Waals surface area contributed by atoms with Crippen molar-refractivity contribution in [3.8, 4) is 0 Å². The molecule has 0 saturated carbocycles. The number of fused-ring (bicyclic) bond motifs is 2. The molecule has 0 amide bonds. The Hall–Kier alpha value is -1.09. The fourth-order valence-electron chi connectivity index (χ4n) is 4.37. The van der Waals surface area contributed by atoms with Crippen molar-refractivity contribution < 1.29 is 0 Å². The van der Waals surface area contributed by atoms with Gasteiger partial charge in [-0.2, -0.15) is 0 Å². The molecule has 2 saturated heterocycles. The summed E-state index contributed by atoms with van der Waals surface area (Å²) in [5.74, 6) is 2.77. The van der Waals surface area contributed by atoms with Gasteiger partial charge in [-0.3, -0.25) is 0 Å². The third-order valence-corrected chi connectivity index (χ3v) is 5.55. The van der Waals surface area contributed by atoms with Gasteiger partial charge in [-0.1, -0.05) is 6.07 Å². The first-order valence-corrected chi connectivity index (χ1v) is 7.63. The number of nitrogens with zero attached hydrogens (tertiary/aromatic N) is 2. The summed E-state index contributed by atoms with van der Waals surface area (Å²) in [5, 5.41) is 3.55. The topological polar surface area (TPSA) is 28.2 Å². The van der Waals surface area contributed by atoms with E-state index in [1.54, 1.807) is 0 Å². The van der Waals surface area contributed by atoms with E-state index in [4.69, 9.17) is 4.98 Å². The molecule has 2 aliphatic heterocycles. The van der Waals surface area contributed by atoms with Crippen LogP contribution >= 0.6 is 0 Å². The molecule has 1 aromatic heterocycles. The van der Waals surface area contributed by atoms with Crippen LogP contribution in [0.25, 0.3) is 0 Å². The Morgan fingerprint density at radius 1 is 1.26 bits per heavy atom. The molecule has 2 atom stereocenters. The van der Waals surface area contributed by atoms with Crippen molar-refractivity contribution in [2.24, 2.45) is 11.8 Å². The summed E-state index contributed by atoms with van der Waals surface area (Å²) in [6.07, 6.45) is 3.68. The molecule has 1 N–H and O–H groups in total. The number of rotatable bonds is 1. The van der Waals surface area contributed by atoms with Gasteiger partial charge in [0.15, 0.2) is 0 Å². The van der Waals surface area contributed by atoms with E-state index in [-0.39, 0.29) is 5.54 Å². The summed E-state index contributed by atoms with van der Waals surface area (Å²) in [5.41, 5.74) is 3.06. The van der Waals surface area contributed by atoms with Gasteiger partial charge in [-0.25, -0.2) is 4.98 Å². The van der Waals surface area contributed by atoms with Crippen LogP contribution in [-0.2, 0) is 12.8 Å². The van der Waals surface area contributed by atoms with Crippen molar-refractivity contribution in [3.63, 3.8) is 0 Å². The molecule has 3 aliphatic rings. The molecule has 1 aliphatic carbocycles. The summed E-state index contributed by atoms with van der Waals surface area (Å²) in [4.78, 5) is 7.52. The van der Waals surface area contributed by atoms with Gasteiger partial charge in [0, 0.05) is 30.9 Å². The van der Waals surface area contributed by atoms with Crippen molar-refractivity contribution in [1.82, 2.24) is 10.3 Å². The lowest BCUT2D eigenvalue weighted by Crippen LogP contribution is -2.45. The highest BCUT2D eigenvalue weighted by Crippen LogP contribution is 2.42. The molecule has 0 aromatic carbocycles. The molecule has 0 bridgehead atoms. The number of hydrogen-bond acceptors (Lipinski definition) is 3. The van der Waals surface area contributed by atoms with Gasteiger partial charge < -0.3 is 10.2 Å². The summed E-state index contributed by atoms with van der Waals surface area (Å²) in [6.45, 7) is 8.28. The maximum atomic E-state index is 4.96. The molecule has 0 spiro atoms. The zero-order chi connectivity index (χ0) is 13.0. The van der Waals surface area contributed by atoms with E-state index in [2.05, 4.69) is 36.2 Å². The van der Waals surface area contributed by atoms with Crippen molar-refractivity contribution in [2.75, 3.05) is 24.5 Å². The number of aromatic nitrogens is 1. The first kappa shape index (κ1) is 11.7. The Morgan fingerprint density at radius 2 is 2.16 bits per heavy atom. The second-order valence-corrected chi connectivity index (χ2v) is 6.92. The van der Waals surface area contributed by atoms with E-state index in [9.17, 15) is 0 Å². The van der Waals surface area contributed by atoms with Gasteiger partial charge in [0.25, 0.3) is 0 Å². The average molecular weight is 257 g/mol. The molecule has 3 heteroatoms. The zero-order valence-corrected chi connectivity index (χ0v) is 11.9. The molecule has 3 nitrogen and oxygen atoms in total. The van der Waals surface area contributed by atoms with Crippen LogP contribution in [0.5, 0.6) is 0 Å². The van der Waals surface area contributed by atoms with Crippen molar-refractivity contribution in [3.05, 3.63) is 23.4 Å². The lowest BCUT2D eigenvalue weighted by molar-refractivity contribution is 0.356. The molecule has 3 heterocycles. The zero-order valence-electron chi connectivity index (χ0n) is 11.9. The van der Waals surface area contributed by atoms with E-state index < -0.39 is 0 Å². The molecule has 2 fully saturated rings. The van der Waals surface area contributed by atoms with Crippen LogP contribution in [0.2, 0.25) is 0 Å². The van der Waals surface area contributed by atoms with E-state index in [0.717, 1.165) is 18.4 Å². The van der Waals surface area contributed by atoms with Crippen LogP contribution in [0.1, 0.15) is 31.5 Å². The van der Waals surface area contributed by atoms with Crippen LogP contribution < -0.4 is 10.2 Å². The Bertz CT molecular complexity index is 509. The fourth-order valence-corrected chi connectivity index (χ4v) is 4.37. The van der Waals surface area contributed by atoms with Gasteiger partial charge in [0.05, 0.1) is 0 Å². The van der Waals surface area contributed by atoms with Crippen LogP contribution in [0.4, 0.5) is 5.82 Å². The molecule has 102 valence electrons. The second kappa shape index (κ2) is 3.95. The SMILES string of the molecule is CC1(C)C2CNCC2CN1c1ccc2c(n1)CCC2. The first-order valence-electron chi connectivity index (χ1n) is 7.63. The highest BCUT2D eigenvalue weighted by atomic mass is 15.3. The monoisotopic (exact) mass is 257 g/mol. The van der Waals surface area contributed by atoms with Gasteiger partial charge in [0.2, 0.25) is 0 Å². The third kappa shape index (κ3) is 1.64. The van der Waals surface area contributed by atoms with Gasteiger partial charge >= 0.3 is 0 Å². The summed E-state index contributed by atoms with van der Waals surface area (Å²) in [6, 6.07) is 4.56. The number of aryl methyl sites for hydroxylation is 2. The van der Waals surface area contributed by atoms with Crippen LogP contribution in [0.15, 0.2) is 12.1 Å². The minimum Gasteiger partial charge on any atom is -0.351 e. The number of pyridine rings is 1. The van der Waals surface area contributed by atoms with Crippen LogP contribution in [0.3, 0.4) is 0 Å². The Labute approximate surface area is 115 Å². The molecular formula is C16H23N3. The minimum atomic E-state index is 0.230. The summed E-state index contributed by atoms with van der Waals surface area (Å²) < 4.78 is 0. The molecular weight excluding hydrogens is 234 g/mol. The fraction of sp³-hybridized carbons (Fsp3) is 0.688. The third-order valence-electron chi connectivity index (χ3n) is 5.55. The maximum absolute atomic E-state index is 4.96.